The topological polar surface area (TPSA) is 39.2 Å². The standard InChI is InChI=1S/C132H104B2N4O2/c1-125(2)68-69-126(3,4)103-74-84(59-65-97(103)125)138-119-91(63-62-90-86-45-25-28-48-96(86)129(9,10)116(90)119)114-118-110(135-107-55-31-29-49-99(107)131(79-36-16-12-17-37-79,80-38-18-13-19-39-80)101-51-34-53-105(120(101)135)134(118)138)76-93-88-61-58-78(72-112(88)140-123(93)114)77-130(11)71-70-127(5,6)104-73-83(60-66-98(104)130)137-109-67-64-89-85-44-24-27-47-95(85)128(7,8)115(89)113(109)94-75-92-87-46-26-33-57-111(87)139-124(92)122-117(94)133(137)106-54-35-52-102-121(106)136(122)108-56-32-30-50-100(108)132(102,81-40-20-14-21-41-81)82-42-22-15-23-43-82/h12-67,72-76H,68-71,77H2,1-11H3. The average molecular weight is 1800 g/mol. The highest BCUT2D eigenvalue weighted by molar-refractivity contribution is 6.95. The number of benzene rings is 18. The summed E-state index contributed by atoms with van der Waals surface area (Å²) in [5.74, 6) is 0. The number of furan rings is 2. The Morgan fingerprint density at radius 3 is 1.35 bits per heavy atom. The van der Waals surface area contributed by atoms with Crippen molar-refractivity contribution < 1.29 is 8.83 Å². The maximum atomic E-state index is 8.10. The molecule has 140 heavy (non-hydrogen) atoms. The fourth-order valence-electron chi connectivity index (χ4n) is 29.6. The van der Waals surface area contributed by atoms with E-state index in [4.69, 9.17) is 8.83 Å². The normalized spacial score (nSPS) is 18.4. The van der Waals surface area contributed by atoms with Crippen molar-refractivity contribution in [3.8, 4) is 44.5 Å². The molecule has 4 aliphatic carbocycles. The molecule has 10 aliphatic rings. The van der Waals surface area contributed by atoms with E-state index in [1.165, 1.54) is 206 Å². The van der Waals surface area contributed by atoms with Gasteiger partial charge in [-0.1, -0.05) is 379 Å². The molecule has 0 saturated carbocycles. The lowest BCUT2D eigenvalue weighted by molar-refractivity contribution is 0.310. The van der Waals surface area contributed by atoms with Gasteiger partial charge < -0.3 is 28.3 Å². The van der Waals surface area contributed by atoms with Gasteiger partial charge in [0.2, 0.25) is 0 Å². The van der Waals surface area contributed by atoms with E-state index in [1.54, 1.807) is 0 Å². The second-order valence-electron chi connectivity index (χ2n) is 45.3. The van der Waals surface area contributed by atoms with Gasteiger partial charge in [-0.3, -0.25) is 0 Å². The Labute approximate surface area is 819 Å². The molecule has 8 heteroatoms. The third-order valence-electron chi connectivity index (χ3n) is 36.1. The summed E-state index contributed by atoms with van der Waals surface area (Å²) in [6.07, 6.45) is 5.08. The Balaban J connectivity index is 0.629. The van der Waals surface area contributed by atoms with Gasteiger partial charge in [0.1, 0.15) is 16.7 Å². The molecule has 18 aromatic carbocycles. The molecule has 6 aliphatic heterocycles. The van der Waals surface area contributed by atoms with Crippen LogP contribution in [-0.4, -0.2) is 13.7 Å². The Morgan fingerprint density at radius 2 is 0.729 bits per heavy atom. The molecule has 670 valence electrons. The van der Waals surface area contributed by atoms with E-state index >= 15 is 0 Å². The maximum absolute atomic E-state index is 8.10. The number of hydrogen-bond acceptors (Lipinski definition) is 6. The zero-order valence-electron chi connectivity index (χ0n) is 81.0. The van der Waals surface area contributed by atoms with E-state index < -0.39 is 16.2 Å². The van der Waals surface area contributed by atoms with Crippen molar-refractivity contribution >= 4 is 136 Å². The van der Waals surface area contributed by atoms with Gasteiger partial charge in [0.25, 0.3) is 0 Å². The van der Waals surface area contributed by atoms with E-state index in [-0.39, 0.29) is 40.8 Å². The SMILES string of the molecule is CC1(C)CCC(C)(C)c2cc(N3B4c5cccc6c5N(c5ccccc5C6(c5ccccc5)c5ccccc5)c5cc6c(oc7cc(CC8(C)CCC(C)(C)c9cc(N%10B%11c%12cccc%13c%12N(c%12ccccc%12C%13(c%12ccccc%12)c%12ccccc%12)c%12c%11c(cc%11c%12oc%12ccccc%12%11)-c%11c%10ccc%10c%11C(C)(C)c%11ccccc%11-%10)ccc98)ccc76)c(c54)-c4ccc5c(c43)C(C)(C)c3ccccc3-5)ccc21. The molecule has 0 radical (unpaired) electrons. The molecule has 0 N–H and O–H groups in total. The first kappa shape index (κ1) is 80.9. The molecule has 0 saturated heterocycles. The quantitative estimate of drug-likeness (QED) is 0.141. The minimum atomic E-state index is -0.717. The molecule has 0 spiro atoms. The third kappa shape index (κ3) is 10.2. The van der Waals surface area contributed by atoms with Gasteiger partial charge >= 0.3 is 13.7 Å². The van der Waals surface area contributed by atoms with Gasteiger partial charge in [-0.15, -0.1) is 0 Å². The summed E-state index contributed by atoms with van der Waals surface area (Å²) in [6, 6.07) is 144. The molecule has 1 atom stereocenters. The van der Waals surface area contributed by atoms with Crippen LogP contribution in [0.4, 0.5) is 56.9 Å². The van der Waals surface area contributed by atoms with E-state index in [1.807, 2.05) is 0 Å². The number of nitrogens with zero attached hydrogens (tertiary/aromatic N) is 4. The molecule has 0 bridgehead atoms. The highest BCUT2D eigenvalue weighted by Crippen LogP contribution is 2.68. The Kier molecular flexibility index (Phi) is 16.0. The molecule has 8 heterocycles. The predicted octanol–water partition coefficient (Wildman–Crippen LogP) is 30.8. The largest absolute Gasteiger partial charge is 0.455 e. The van der Waals surface area contributed by atoms with Crippen LogP contribution in [0.25, 0.3) is 88.4 Å². The smallest absolute Gasteiger partial charge is 0.333 e. The Bertz CT molecular complexity index is 8820. The van der Waals surface area contributed by atoms with Crippen LogP contribution in [0.3, 0.4) is 0 Å². The zero-order chi connectivity index (χ0) is 93.7. The summed E-state index contributed by atoms with van der Waals surface area (Å²) in [5, 5.41) is 4.48. The first-order valence-corrected chi connectivity index (χ1v) is 50.8. The fraction of sp³-hybridized carbons (Fsp3) is 0.182. The summed E-state index contributed by atoms with van der Waals surface area (Å²) < 4.78 is 15.7. The maximum Gasteiger partial charge on any atom is 0.333 e. The van der Waals surface area contributed by atoms with Crippen LogP contribution in [-0.2, 0) is 49.7 Å². The minimum Gasteiger partial charge on any atom is -0.455 e. The van der Waals surface area contributed by atoms with Gasteiger partial charge in [0, 0.05) is 88.9 Å². The van der Waals surface area contributed by atoms with Gasteiger partial charge in [-0.2, -0.15) is 0 Å². The lowest BCUT2D eigenvalue weighted by Gasteiger charge is -2.52. The monoisotopic (exact) mass is 1800 g/mol. The van der Waals surface area contributed by atoms with E-state index in [9.17, 15) is 0 Å². The van der Waals surface area contributed by atoms with E-state index in [0.717, 1.165) is 87.4 Å². The second kappa shape index (κ2) is 27.7. The third-order valence-corrected chi connectivity index (χ3v) is 36.1. The van der Waals surface area contributed by atoms with Crippen molar-refractivity contribution in [2.75, 3.05) is 19.4 Å². The average Bonchev–Trinajstić information content (AvgIpc) is 1.07. The summed E-state index contributed by atoms with van der Waals surface area (Å²) in [6.45, 7) is 26.9. The van der Waals surface area contributed by atoms with E-state index in [0.29, 0.717) is 0 Å². The van der Waals surface area contributed by atoms with Gasteiger partial charge in [-0.05, 0) is 265 Å². The van der Waals surface area contributed by atoms with Gasteiger partial charge in [-0.25, -0.2) is 0 Å². The molecule has 1 unspecified atom stereocenters. The highest BCUT2D eigenvalue weighted by atomic mass is 16.3. The summed E-state index contributed by atoms with van der Waals surface area (Å²) >= 11 is 0. The predicted molar refractivity (Wildman–Crippen MR) is 582 cm³/mol. The lowest BCUT2D eigenvalue weighted by Crippen LogP contribution is -2.63. The van der Waals surface area contributed by atoms with Crippen LogP contribution in [0.5, 0.6) is 0 Å². The number of hydrogen-bond donors (Lipinski definition) is 0. The summed E-state index contributed by atoms with van der Waals surface area (Å²) in [4.78, 5) is 11.0. The summed E-state index contributed by atoms with van der Waals surface area (Å²) in [5.41, 5.74) is 50.4. The molecule has 20 aromatic rings. The van der Waals surface area contributed by atoms with Crippen molar-refractivity contribution in [2.24, 2.45) is 0 Å². The van der Waals surface area contributed by atoms with Crippen molar-refractivity contribution in [3.63, 3.8) is 0 Å². The number of anilines is 10. The number of fused-ring (bicyclic) bond motifs is 30. The van der Waals surface area contributed by atoms with Crippen molar-refractivity contribution in [3.05, 3.63) is 465 Å². The number of para-hydroxylation sites is 5. The van der Waals surface area contributed by atoms with Gasteiger partial charge in [0.05, 0.1) is 27.9 Å². The Hall–Kier alpha value is -15.1. The molecular weight excluding hydrogens is 1700 g/mol. The Morgan fingerprint density at radius 1 is 0.264 bits per heavy atom. The second-order valence-corrected chi connectivity index (χ2v) is 45.3. The minimum absolute atomic E-state index is 0.0118. The molecule has 6 nitrogen and oxygen atoms in total. The molecule has 0 amide bonds. The molecule has 2 aromatic heterocycles. The highest BCUT2D eigenvalue weighted by Gasteiger charge is 2.60. The van der Waals surface area contributed by atoms with E-state index in [2.05, 4.69) is 466 Å². The first-order chi connectivity index (χ1) is 68.1. The van der Waals surface area contributed by atoms with Crippen molar-refractivity contribution in [1.29, 1.82) is 0 Å². The molecular formula is C132H104B2N4O2. The van der Waals surface area contributed by atoms with Crippen LogP contribution < -0.4 is 41.3 Å². The van der Waals surface area contributed by atoms with Crippen molar-refractivity contribution in [2.45, 2.75) is 152 Å². The van der Waals surface area contributed by atoms with Crippen LogP contribution in [0.15, 0.2) is 379 Å². The van der Waals surface area contributed by atoms with Crippen LogP contribution in [0.2, 0.25) is 0 Å². The van der Waals surface area contributed by atoms with Crippen LogP contribution in [0.1, 0.15) is 196 Å². The zero-order valence-corrected chi connectivity index (χ0v) is 81.0. The molecule has 30 rings (SSSR count). The fourth-order valence-corrected chi connectivity index (χ4v) is 29.6. The van der Waals surface area contributed by atoms with Crippen molar-refractivity contribution in [1.82, 2.24) is 0 Å². The lowest BCUT2D eigenvalue weighted by atomic mass is 9.42. The summed E-state index contributed by atoms with van der Waals surface area (Å²) in [7, 11) is 0. The first-order valence-electron chi connectivity index (χ1n) is 50.8. The molecule has 0 fully saturated rings. The van der Waals surface area contributed by atoms with Crippen LogP contribution in [0, 0.1) is 0 Å². The van der Waals surface area contributed by atoms with Gasteiger partial charge in [0.15, 0.2) is 5.58 Å². The number of rotatable bonds is 8. The van der Waals surface area contributed by atoms with Crippen LogP contribution >= 0.6 is 0 Å².